The Morgan fingerprint density at radius 1 is 0.347 bits per heavy atom. The molecule has 0 bridgehead atoms. The Kier molecular flexibility index (Phi) is 11.6. The number of rotatable bonds is 12. The Balaban J connectivity index is 0.984. The predicted molar refractivity (Wildman–Crippen MR) is 300 cm³/mol. The summed E-state index contributed by atoms with van der Waals surface area (Å²) in [6.45, 7) is 9.13. The van der Waals surface area contributed by atoms with Crippen LogP contribution in [0.4, 0.5) is 17.1 Å². The molecule has 0 atom stereocenters. The molecule has 4 heteroatoms. The lowest BCUT2D eigenvalue weighted by molar-refractivity contribution is 0.647. The molecular weight excluding hydrogens is 873 g/mol. The minimum Gasteiger partial charge on any atom is -0.311 e. The van der Waals surface area contributed by atoms with Crippen LogP contribution < -0.4 is 4.90 Å². The third-order valence-electron chi connectivity index (χ3n) is 14.4. The van der Waals surface area contributed by atoms with Gasteiger partial charge in [-0.3, -0.25) is 0 Å². The summed E-state index contributed by atoms with van der Waals surface area (Å²) in [5.74, 6) is 3.09. The van der Waals surface area contributed by atoms with Crippen molar-refractivity contribution in [2.45, 2.75) is 46.0 Å². The Bertz CT molecular complexity index is 3540. The van der Waals surface area contributed by atoms with E-state index < -0.39 is 5.41 Å². The van der Waals surface area contributed by atoms with E-state index in [1.807, 2.05) is 0 Å². The molecule has 0 aliphatic heterocycles. The zero-order valence-electron chi connectivity index (χ0n) is 41.3. The summed E-state index contributed by atoms with van der Waals surface area (Å²) >= 11 is 0. The maximum absolute atomic E-state index is 5.23. The number of hydrogen-bond acceptors (Lipinski definition) is 4. The molecule has 11 aromatic rings. The van der Waals surface area contributed by atoms with Crippen LogP contribution in [0.3, 0.4) is 0 Å². The van der Waals surface area contributed by atoms with Crippen LogP contribution in [-0.2, 0) is 18.3 Å². The summed E-state index contributed by atoms with van der Waals surface area (Å²) in [6.07, 6.45) is 2.11. The third-order valence-corrected chi connectivity index (χ3v) is 14.4. The number of benzene rings is 10. The van der Waals surface area contributed by atoms with Gasteiger partial charge in [0.2, 0.25) is 0 Å². The molecule has 1 aliphatic carbocycles. The average Bonchev–Trinajstić information content (AvgIpc) is 3.72. The van der Waals surface area contributed by atoms with Crippen molar-refractivity contribution >= 4 is 38.6 Å². The van der Waals surface area contributed by atoms with Gasteiger partial charge in [-0.1, -0.05) is 210 Å². The minimum absolute atomic E-state index is 0.592. The van der Waals surface area contributed by atoms with Gasteiger partial charge < -0.3 is 4.90 Å². The first-order chi connectivity index (χ1) is 35.3. The molecule has 0 N–H and O–H groups in total. The van der Waals surface area contributed by atoms with Crippen molar-refractivity contribution in [3.8, 4) is 45.3 Å². The molecule has 4 nitrogen and oxygen atoms in total. The number of aromatic nitrogens is 3. The molecule has 0 saturated heterocycles. The van der Waals surface area contributed by atoms with E-state index in [2.05, 4.69) is 263 Å². The molecule has 1 heterocycles. The first kappa shape index (κ1) is 44.7. The SMILES string of the molecule is CC(C)Cc1ccc(N(c2ccc(CC(C)C)cc2)c2ccc(C3(c4ccc(-c5nc(-c6ccc7ccccc7c6)nc(-c6ccc7ccccc7c6)n5)cc4)c4ccccc4-c4ccccc43)cc2)cc1. The smallest absolute Gasteiger partial charge is 0.164 e. The molecule has 348 valence electrons. The van der Waals surface area contributed by atoms with Gasteiger partial charge in [-0.25, -0.2) is 15.0 Å². The van der Waals surface area contributed by atoms with Crippen LogP contribution in [0.2, 0.25) is 0 Å². The van der Waals surface area contributed by atoms with Crippen LogP contribution in [-0.4, -0.2) is 15.0 Å². The molecule has 0 amide bonds. The fraction of sp³-hybridized carbons (Fsp3) is 0.132. The standard InChI is InChI=1S/C68H56N4/c1-45(2)41-47-21-35-58(36-22-47)72(59-37-23-48(24-38-59)42-46(3)4)60-39-33-57(34-40-60)68(63-19-11-9-17-61(63)62-18-10-12-20-64(62)68)56-31-29-51(30-32-56)65-69-66(54-27-25-49-13-5-7-15-52(49)43-54)71-67(70-65)55-28-26-50-14-6-8-16-53(50)44-55/h5-40,43-46H,41-42H2,1-4H3. The zero-order valence-corrected chi connectivity index (χ0v) is 41.3. The van der Waals surface area contributed by atoms with Crippen molar-refractivity contribution in [3.05, 3.63) is 264 Å². The molecule has 1 aliphatic rings. The molecule has 12 rings (SSSR count). The molecule has 10 aromatic carbocycles. The first-order valence-electron chi connectivity index (χ1n) is 25.4. The highest BCUT2D eigenvalue weighted by Gasteiger charge is 2.46. The highest BCUT2D eigenvalue weighted by molar-refractivity contribution is 5.90. The number of fused-ring (bicyclic) bond motifs is 5. The molecule has 0 radical (unpaired) electrons. The summed E-state index contributed by atoms with van der Waals surface area (Å²) in [6, 6.07) is 84.2. The molecule has 0 unspecified atom stereocenters. The second-order valence-electron chi connectivity index (χ2n) is 20.3. The minimum atomic E-state index is -0.600. The van der Waals surface area contributed by atoms with Gasteiger partial charge in [0.05, 0.1) is 5.41 Å². The van der Waals surface area contributed by atoms with Gasteiger partial charge in [-0.2, -0.15) is 0 Å². The Morgan fingerprint density at radius 2 is 0.694 bits per heavy atom. The van der Waals surface area contributed by atoms with E-state index in [0.717, 1.165) is 57.4 Å². The second kappa shape index (κ2) is 18.7. The van der Waals surface area contributed by atoms with Crippen LogP contribution in [0, 0.1) is 11.8 Å². The van der Waals surface area contributed by atoms with E-state index in [4.69, 9.17) is 15.0 Å². The Morgan fingerprint density at radius 3 is 1.12 bits per heavy atom. The summed E-state index contributed by atoms with van der Waals surface area (Å²) < 4.78 is 0. The van der Waals surface area contributed by atoms with Gasteiger partial charge in [0.25, 0.3) is 0 Å². The van der Waals surface area contributed by atoms with E-state index >= 15 is 0 Å². The van der Waals surface area contributed by atoms with Crippen LogP contribution in [0.15, 0.2) is 231 Å². The van der Waals surface area contributed by atoms with Gasteiger partial charge in [0.1, 0.15) is 0 Å². The van der Waals surface area contributed by atoms with Crippen molar-refractivity contribution in [1.29, 1.82) is 0 Å². The average molecular weight is 929 g/mol. The van der Waals surface area contributed by atoms with Crippen molar-refractivity contribution in [1.82, 2.24) is 15.0 Å². The maximum atomic E-state index is 5.23. The molecule has 72 heavy (non-hydrogen) atoms. The molecule has 0 spiro atoms. The highest BCUT2D eigenvalue weighted by Crippen LogP contribution is 2.56. The summed E-state index contributed by atoms with van der Waals surface area (Å²) in [5, 5.41) is 4.64. The Hall–Kier alpha value is -8.47. The molecule has 0 fully saturated rings. The normalized spacial score (nSPS) is 12.6. The third kappa shape index (κ3) is 8.23. The lowest BCUT2D eigenvalue weighted by Crippen LogP contribution is -2.28. The van der Waals surface area contributed by atoms with Crippen molar-refractivity contribution in [2.24, 2.45) is 11.8 Å². The fourth-order valence-electron chi connectivity index (χ4n) is 11.1. The number of hydrogen-bond donors (Lipinski definition) is 0. The van der Waals surface area contributed by atoms with E-state index in [1.54, 1.807) is 0 Å². The fourth-order valence-corrected chi connectivity index (χ4v) is 11.1. The van der Waals surface area contributed by atoms with E-state index in [0.29, 0.717) is 29.3 Å². The number of nitrogens with zero attached hydrogens (tertiary/aromatic N) is 4. The quantitative estimate of drug-likeness (QED) is 0.122. The van der Waals surface area contributed by atoms with Crippen LogP contribution >= 0.6 is 0 Å². The maximum Gasteiger partial charge on any atom is 0.164 e. The van der Waals surface area contributed by atoms with E-state index in [-0.39, 0.29) is 0 Å². The largest absolute Gasteiger partial charge is 0.311 e. The lowest BCUT2D eigenvalue weighted by atomic mass is 9.67. The number of anilines is 3. The van der Waals surface area contributed by atoms with Gasteiger partial charge in [0.15, 0.2) is 17.5 Å². The Labute approximate surface area is 423 Å². The lowest BCUT2D eigenvalue weighted by Gasteiger charge is -2.34. The van der Waals surface area contributed by atoms with Crippen LogP contribution in [0.1, 0.15) is 61.1 Å². The van der Waals surface area contributed by atoms with Gasteiger partial charge in [0, 0.05) is 33.8 Å². The molecule has 0 saturated carbocycles. The summed E-state index contributed by atoms with van der Waals surface area (Å²) in [4.78, 5) is 18.0. The van der Waals surface area contributed by atoms with Crippen molar-refractivity contribution in [3.63, 3.8) is 0 Å². The van der Waals surface area contributed by atoms with Gasteiger partial charge in [-0.05, 0) is 139 Å². The van der Waals surface area contributed by atoms with Gasteiger partial charge >= 0.3 is 0 Å². The van der Waals surface area contributed by atoms with E-state index in [1.165, 1.54) is 55.3 Å². The monoisotopic (exact) mass is 928 g/mol. The topological polar surface area (TPSA) is 41.9 Å². The molecular formula is C68H56N4. The van der Waals surface area contributed by atoms with Crippen LogP contribution in [0.5, 0.6) is 0 Å². The van der Waals surface area contributed by atoms with Crippen molar-refractivity contribution in [2.75, 3.05) is 4.90 Å². The molecule has 1 aromatic heterocycles. The first-order valence-corrected chi connectivity index (χ1v) is 25.4. The summed E-state index contributed by atoms with van der Waals surface area (Å²) in [7, 11) is 0. The van der Waals surface area contributed by atoms with E-state index in [9.17, 15) is 0 Å². The second-order valence-corrected chi connectivity index (χ2v) is 20.3. The van der Waals surface area contributed by atoms with Crippen molar-refractivity contribution < 1.29 is 0 Å². The summed E-state index contributed by atoms with van der Waals surface area (Å²) in [5.41, 5.74) is 15.7. The van der Waals surface area contributed by atoms with Crippen LogP contribution in [0.25, 0.3) is 66.8 Å². The van der Waals surface area contributed by atoms with Gasteiger partial charge in [-0.15, -0.1) is 0 Å². The predicted octanol–water partition coefficient (Wildman–Crippen LogP) is 17.4. The highest BCUT2D eigenvalue weighted by atomic mass is 15.1. The zero-order chi connectivity index (χ0) is 48.8.